The molecule has 21 heavy (non-hydrogen) atoms. The summed E-state index contributed by atoms with van der Waals surface area (Å²) in [5.74, 6) is -3.87. The van der Waals surface area contributed by atoms with Crippen LogP contribution in [0.15, 0.2) is 36.4 Å². The minimum atomic E-state index is -1.41. The Morgan fingerprint density at radius 1 is 1.00 bits per heavy atom. The molecule has 0 bridgehead atoms. The lowest BCUT2D eigenvalue weighted by Crippen LogP contribution is -2.12. The van der Waals surface area contributed by atoms with Gasteiger partial charge in [0.1, 0.15) is 5.82 Å². The Hall–Kier alpha value is -3.09. The van der Waals surface area contributed by atoms with E-state index in [-0.39, 0.29) is 17.0 Å². The lowest BCUT2D eigenvalue weighted by molar-refractivity contribution is 0.0691. The quantitative estimate of drug-likeness (QED) is 0.648. The van der Waals surface area contributed by atoms with Gasteiger partial charge in [-0.15, -0.1) is 0 Å². The zero-order valence-electron chi connectivity index (χ0n) is 10.5. The molecule has 1 amide bonds. The monoisotopic (exact) mass is 291 g/mol. The van der Waals surface area contributed by atoms with Gasteiger partial charge in [-0.1, -0.05) is 0 Å². The minimum Gasteiger partial charge on any atom is -0.504 e. The van der Waals surface area contributed by atoms with Gasteiger partial charge < -0.3 is 20.6 Å². The Kier molecular flexibility index (Phi) is 3.75. The third kappa shape index (κ3) is 3.08. The van der Waals surface area contributed by atoms with Crippen LogP contribution in [0.1, 0.15) is 20.7 Å². The summed E-state index contributed by atoms with van der Waals surface area (Å²) >= 11 is 0. The molecule has 0 aliphatic rings. The second-order valence-corrected chi connectivity index (χ2v) is 4.16. The highest BCUT2D eigenvalue weighted by Gasteiger charge is 2.13. The van der Waals surface area contributed by atoms with Gasteiger partial charge in [0, 0.05) is 11.3 Å². The summed E-state index contributed by atoms with van der Waals surface area (Å²) in [6, 6.07) is 6.60. The van der Waals surface area contributed by atoms with Gasteiger partial charge in [-0.05, 0) is 36.4 Å². The molecule has 2 aromatic carbocycles. The number of benzene rings is 2. The fraction of sp³-hybridized carbons (Fsp3) is 0. The first-order chi connectivity index (χ1) is 9.88. The van der Waals surface area contributed by atoms with Gasteiger partial charge in [-0.2, -0.15) is 0 Å². The number of carboxylic acids is 1. The van der Waals surface area contributed by atoms with Crippen LogP contribution in [0.3, 0.4) is 0 Å². The topological polar surface area (TPSA) is 107 Å². The summed E-state index contributed by atoms with van der Waals surface area (Å²) in [5.41, 5.74) is -0.390. The number of phenolic OH excluding ortho intramolecular Hbond substituents is 2. The van der Waals surface area contributed by atoms with Gasteiger partial charge in [-0.25, -0.2) is 9.18 Å². The first-order valence-electron chi connectivity index (χ1n) is 5.74. The molecule has 0 aromatic heterocycles. The number of aromatic carboxylic acids is 1. The number of aromatic hydroxyl groups is 2. The molecular formula is C14H10FNO5. The normalized spacial score (nSPS) is 10.1. The van der Waals surface area contributed by atoms with E-state index in [1.807, 2.05) is 0 Å². The van der Waals surface area contributed by atoms with Crippen molar-refractivity contribution in [1.82, 2.24) is 0 Å². The minimum absolute atomic E-state index is 0.0491. The number of rotatable bonds is 3. The van der Waals surface area contributed by atoms with E-state index in [9.17, 15) is 19.1 Å². The number of hydrogen-bond donors (Lipinski definition) is 4. The maximum atomic E-state index is 13.5. The number of anilines is 1. The molecule has 0 fully saturated rings. The standard InChI is InChI=1S/C14H10FNO5/c15-10-6-8(2-3-9(10)14(20)21)16-13(19)7-1-4-11(17)12(18)5-7/h1-6,17-18H,(H,16,19)(H,20,21). The number of phenols is 2. The molecule has 0 spiro atoms. The van der Waals surface area contributed by atoms with Crippen molar-refractivity contribution >= 4 is 17.6 Å². The third-order valence-corrected chi connectivity index (χ3v) is 2.69. The maximum absolute atomic E-state index is 13.5. The molecule has 4 N–H and O–H groups in total. The second-order valence-electron chi connectivity index (χ2n) is 4.16. The molecule has 0 radical (unpaired) electrons. The van der Waals surface area contributed by atoms with Crippen LogP contribution in [0, 0.1) is 5.82 Å². The molecular weight excluding hydrogens is 281 g/mol. The highest BCUT2D eigenvalue weighted by Crippen LogP contribution is 2.25. The molecule has 2 rings (SSSR count). The molecule has 2 aromatic rings. The van der Waals surface area contributed by atoms with Crippen LogP contribution >= 0.6 is 0 Å². The largest absolute Gasteiger partial charge is 0.504 e. The van der Waals surface area contributed by atoms with Gasteiger partial charge in [0.15, 0.2) is 11.5 Å². The van der Waals surface area contributed by atoms with Crippen molar-refractivity contribution < 1.29 is 29.3 Å². The van der Waals surface area contributed by atoms with Gasteiger partial charge in [0.2, 0.25) is 0 Å². The summed E-state index contributed by atoms with van der Waals surface area (Å²) in [5, 5.41) is 29.5. The molecule has 0 saturated heterocycles. The molecule has 0 unspecified atom stereocenters. The molecule has 108 valence electrons. The van der Waals surface area contributed by atoms with Crippen LogP contribution in [-0.4, -0.2) is 27.2 Å². The third-order valence-electron chi connectivity index (χ3n) is 2.69. The average molecular weight is 291 g/mol. The van der Waals surface area contributed by atoms with Crippen LogP contribution in [0.4, 0.5) is 10.1 Å². The number of carbonyl (C=O) groups excluding carboxylic acids is 1. The summed E-state index contributed by atoms with van der Waals surface area (Å²) in [4.78, 5) is 22.5. The lowest BCUT2D eigenvalue weighted by atomic mass is 10.1. The molecule has 6 nitrogen and oxygen atoms in total. The average Bonchev–Trinajstić information content (AvgIpc) is 2.41. The van der Waals surface area contributed by atoms with Crippen molar-refractivity contribution in [2.45, 2.75) is 0 Å². The van der Waals surface area contributed by atoms with Crippen molar-refractivity contribution in [3.05, 3.63) is 53.3 Å². The van der Waals surface area contributed by atoms with E-state index in [4.69, 9.17) is 10.2 Å². The van der Waals surface area contributed by atoms with Crippen molar-refractivity contribution in [1.29, 1.82) is 0 Å². The number of amides is 1. The fourth-order valence-electron chi connectivity index (χ4n) is 1.63. The van der Waals surface area contributed by atoms with Gasteiger partial charge in [0.25, 0.3) is 5.91 Å². The summed E-state index contributed by atoms with van der Waals surface area (Å²) in [7, 11) is 0. The van der Waals surface area contributed by atoms with Gasteiger partial charge in [0.05, 0.1) is 5.56 Å². The van der Waals surface area contributed by atoms with E-state index in [1.165, 1.54) is 12.1 Å². The Morgan fingerprint density at radius 2 is 1.71 bits per heavy atom. The molecule has 0 aliphatic carbocycles. The Balaban J connectivity index is 2.21. The van der Waals surface area contributed by atoms with Crippen molar-refractivity contribution in [3.63, 3.8) is 0 Å². The van der Waals surface area contributed by atoms with Crippen molar-refractivity contribution in [2.24, 2.45) is 0 Å². The molecule has 0 heterocycles. The zero-order chi connectivity index (χ0) is 15.6. The van der Waals surface area contributed by atoms with Crippen LogP contribution in [0.25, 0.3) is 0 Å². The SMILES string of the molecule is O=C(Nc1ccc(C(=O)O)c(F)c1)c1ccc(O)c(O)c1. The molecule has 0 aliphatic heterocycles. The van der Waals surface area contributed by atoms with E-state index >= 15 is 0 Å². The van der Waals surface area contributed by atoms with E-state index < -0.39 is 29.0 Å². The molecule has 0 atom stereocenters. The van der Waals surface area contributed by atoms with Crippen LogP contribution in [0.5, 0.6) is 11.5 Å². The lowest BCUT2D eigenvalue weighted by Gasteiger charge is -2.07. The number of carbonyl (C=O) groups is 2. The summed E-state index contributed by atoms with van der Waals surface area (Å²) in [6.07, 6.45) is 0. The van der Waals surface area contributed by atoms with E-state index in [0.29, 0.717) is 0 Å². The smallest absolute Gasteiger partial charge is 0.338 e. The highest BCUT2D eigenvalue weighted by atomic mass is 19.1. The predicted molar refractivity (Wildman–Crippen MR) is 71.1 cm³/mol. The predicted octanol–water partition coefficient (Wildman–Crippen LogP) is 2.19. The highest BCUT2D eigenvalue weighted by molar-refractivity contribution is 6.04. The molecule has 0 saturated carbocycles. The Bertz CT molecular complexity index is 729. The van der Waals surface area contributed by atoms with E-state index in [2.05, 4.69) is 5.32 Å². The first kappa shape index (κ1) is 14.3. The number of carboxylic acid groups (broad SMARTS) is 1. The van der Waals surface area contributed by atoms with Crippen LogP contribution in [-0.2, 0) is 0 Å². The summed E-state index contributed by atoms with van der Waals surface area (Å²) < 4.78 is 13.5. The Morgan fingerprint density at radius 3 is 2.29 bits per heavy atom. The van der Waals surface area contributed by atoms with Gasteiger partial charge in [-0.3, -0.25) is 4.79 Å². The zero-order valence-corrected chi connectivity index (χ0v) is 10.5. The molecule has 7 heteroatoms. The fourth-order valence-corrected chi connectivity index (χ4v) is 1.63. The van der Waals surface area contributed by atoms with E-state index in [1.54, 1.807) is 0 Å². The van der Waals surface area contributed by atoms with Crippen molar-refractivity contribution in [3.8, 4) is 11.5 Å². The number of halogens is 1. The summed E-state index contributed by atoms with van der Waals surface area (Å²) in [6.45, 7) is 0. The van der Waals surface area contributed by atoms with Crippen LogP contribution in [0.2, 0.25) is 0 Å². The van der Waals surface area contributed by atoms with Crippen molar-refractivity contribution in [2.75, 3.05) is 5.32 Å². The second kappa shape index (κ2) is 5.49. The number of hydrogen-bond acceptors (Lipinski definition) is 4. The van der Waals surface area contributed by atoms with Crippen LogP contribution < -0.4 is 5.32 Å². The van der Waals surface area contributed by atoms with E-state index in [0.717, 1.165) is 24.3 Å². The number of nitrogens with one attached hydrogen (secondary N) is 1. The Labute approximate surface area is 118 Å². The van der Waals surface area contributed by atoms with Gasteiger partial charge >= 0.3 is 5.97 Å². The maximum Gasteiger partial charge on any atom is 0.338 e. The first-order valence-corrected chi connectivity index (χ1v) is 5.74.